The third kappa shape index (κ3) is 1.97. The van der Waals surface area contributed by atoms with Gasteiger partial charge in [-0.15, -0.1) is 0 Å². The Kier molecular flexibility index (Phi) is 3.57. The van der Waals surface area contributed by atoms with Gasteiger partial charge in [-0.1, -0.05) is 31.5 Å². The second-order valence-corrected chi connectivity index (χ2v) is 4.40. The second kappa shape index (κ2) is 4.98. The molecule has 0 aliphatic heterocycles. The Hall–Kier alpha value is -1.55. The number of benzene rings is 1. The Bertz CT molecular complexity index is 558. The molecule has 0 saturated heterocycles. The largest absolute Gasteiger partial charge is 0.396 e. The highest BCUT2D eigenvalue weighted by molar-refractivity contribution is 6.32. The van der Waals surface area contributed by atoms with E-state index in [0.29, 0.717) is 23.6 Å². The normalized spacial score (nSPS) is 10.9. The maximum absolute atomic E-state index is 13.9. The third-order valence-electron chi connectivity index (χ3n) is 2.92. The first-order valence-electron chi connectivity index (χ1n) is 5.90. The lowest BCUT2D eigenvalue weighted by Gasteiger charge is -2.09. The molecule has 96 valence electrons. The minimum Gasteiger partial charge on any atom is -0.396 e. The van der Waals surface area contributed by atoms with Crippen LogP contribution in [0.1, 0.15) is 25.2 Å². The molecule has 1 heterocycles. The molecule has 0 fully saturated rings. The van der Waals surface area contributed by atoms with E-state index in [1.807, 2.05) is 13.8 Å². The van der Waals surface area contributed by atoms with Crippen LogP contribution < -0.4 is 5.73 Å². The minimum absolute atomic E-state index is 0.266. The van der Waals surface area contributed by atoms with Crippen molar-refractivity contribution in [3.05, 3.63) is 40.4 Å². The van der Waals surface area contributed by atoms with Crippen LogP contribution in [0, 0.1) is 5.82 Å². The lowest BCUT2D eigenvalue weighted by Crippen LogP contribution is -2.05. The van der Waals surface area contributed by atoms with Crippen LogP contribution in [-0.4, -0.2) is 9.78 Å². The molecule has 2 N–H and O–H groups in total. The standard InChI is InChI=1S/C13H15ClFN3/c1-3-10-12(16)11(4-2)18(17-10)13-8(14)6-5-7-9(13)15/h5-7H,3-4,16H2,1-2H3. The van der Waals surface area contributed by atoms with Crippen LogP contribution in [0.2, 0.25) is 5.02 Å². The lowest BCUT2D eigenvalue weighted by atomic mass is 10.2. The van der Waals surface area contributed by atoms with Crippen molar-refractivity contribution < 1.29 is 4.39 Å². The number of rotatable bonds is 3. The van der Waals surface area contributed by atoms with Gasteiger partial charge in [0.15, 0.2) is 0 Å². The van der Waals surface area contributed by atoms with E-state index in [1.165, 1.54) is 10.7 Å². The third-order valence-corrected chi connectivity index (χ3v) is 3.22. The molecule has 2 aromatic rings. The van der Waals surface area contributed by atoms with Crippen LogP contribution in [-0.2, 0) is 12.8 Å². The van der Waals surface area contributed by atoms with Crippen molar-refractivity contribution in [1.29, 1.82) is 0 Å². The zero-order valence-corrected chi connectivity index (χ0v) is 11.1. The Balaban J connectivity index is 2.71. The highest BCUT2D eigenvalue weighted by atomic mass is 35.5. The van der Waals surface area contributed by atoms with Gasteiger partial charge in [0.2, 0.25) is 0 Å². The van der Waals surface area contributed by atoms with E-state index in [1.54, 1.807) is 12.1 Å². The van der Waals surface area contributed by atoms with Crippen molar-refractivity contribution in [2.24, 2.45) is 0 Å². The Morgan fingerprint density at radius 2 is 2.06 bits per heavy atom. The molecular formula is C13H15ClFN3. The van der Waals surface area contributed by atoms with Crippen molar-refractivity contribution in [3.63, 3.8) is 0 Å². The van der Waals surface area contributed by atoms with Gasteiger partial charge >= 0.3 is 0 Å². The molecule has 0 amide bonds. The highest BCUT2D eigenvalue weighted by Crippen LogP contribution is 2.28. The summed E-state index contributed by atoms with van der Waals surface area (Å²) in [6.07, 6.45) is 1.38. The predicted molar refractivity (Wildman–Crippen MR) is 71.7 cm³/mol. The predicted octanol–water partition coefficient (Wildman–Crippen LogP) is 3.37. The van der Waals surface area contributed by atoms with Crippen molar-refractivity contribution >= 4 is 17.3 Å². The van der Waals surface area contributed by atoms with Crippen molar-refractivity contribution in [1.82, 2.24) is 9.78 Å². The molecule has 18 heavy (non-hydrogen) atoms. The second-order valence-electron chi connectivity index (χ2n) is 4.00. The molecule has 0 atom stereocenters. The van der Waals surface area contributed by atoms with Gasteiger partial charge in [-0.3, -0.25) is 0 Å². The van der Waals surface area contributed by atoms with Gasteiger partial charge in [0.1, 0.15) is 11.5 Å². The molecular weight excluding hydrogens is 253 g/mol. The topological polar surface area (TPSA) is 43.8 Å². The molecule has 1 aromatic carbocycles. The van der Waals surface area contributed by atoms with E-state index < -0.39 is 5.82 Å². The molecule has 0 aliphatic carbocycles. The monoisotopic (exact) mass is 267 g/mol. The summed E-state index contributed by atoms with van der Waals surface area (Å²) >= 11 is 6.06. The van der Waals surface area contributed by atoms with E-state index in [9.17, 15) is 4.39 Å². The quantitative estimate of drug-likeness (QED) is 0.927. The van der Waals surface area contributed by atoms with Crippen LogP contribution in [0.15, 0.2) is 18.2 Å². The lowest BCUT2D eigenvalue weighted by molar-refractivity contribution is 0.606. The first-order chi connectivity index (χ1) is 8.60. The summed E-state index contributed by atoms with van der Waals surface area (Å²) in [5.74, 6) is -0.401. The smallest absolute Gasteiger partial charge is 0.150 e. The van der Waals surface area contributed by atoms with E-state index in [2.05, 4.69) is 5.10 Å². The van der Waals surface area contributed by atoms with Crippen molar-refractivity contribution in [3.8, 4) is 5.69 Å². The van der Waals surface area contributed by atoms with E-state index in [0.717, 1.165) is 11.4 Å². The molecule has 2 rings (SSSR count). The van der Waals surface area contributed by atoms with Crippen LogP contribution in [0.5, 0.6) is 0 Å². The number of hydrogen-bond donors (Lipinski definition) is 1. The van der Waals surface area contributed by atoms with Crippen LogP contribution in [0.4, 0.5) is 10.1 Å². The van der Waals surface area contributed by atoms with Crippen molar-refractivity contribution in [2.45, 2.75) is 26.7 Å². The number of anilines is 1. The summed E-state index contributed by atoms with van der Waals surface area (Å²) in [6.45, 7) is 3.92. The molecule has 1 aromatic heterocycles. The molecule has 5 heteroatoms. The number of nitrogens with two attached hydrogens (primary N) is 1. The van der Waals surface area contributed by atoms with E-state index in [4.69, 9.17) is 17.3 Å². The summed E-state index contributed by atoms with van der Waals surface area (Å²) in [5.41, 5.74) is 8.46. The Morgan fingerprint density at radius 3 is 2.61 bits per heavy atom. The Morgan fingerprint density at radius 1 is 1.33 bits per heavy atom. The SMILES string of the molecule is CCc1nn(-c2c(F)cccc2Cl)c(CC)c1N. The average molecular weight is 268 g/mol. The number of aromatic nitrogens is 2. The van der Waals surface area contributed by atoms with Gasteiger partial charge in [-0.05, 0) is 25.0 Å². The van der Waals surface area contributed by atoms with Crippen LogP contribution in [0.25, 0.3) is 5.69 Å². The maximum atomic E-state index is 13.9. The van der Waals surface area contributed by atoms with Crippen molar-refractivity contribution in [2.75, 3.05) is 5.73 Å². The summed E-state index contributed by atoms with van der Waals surface area (Å²) in [5, 5.41) is 4.69. The molecule has 0 unspecified atom stereocenters. The van der Waals surface area contributed by atoms with E-state index >= 15 is 0 Å². The number of aryl methyl sites for hydroxylation is 1. The van der Waals surface area contributed by atoms with Gasteiger partial charge < -0.3 is 5.73 Å². The number of halogens is 2. The summed E-state index contributed by atoms with van der Waals surface area (Å²) < 4.78 is 15.4. The van der Waals surface area contributed by atoms with Crippen LogP contribution in [0.3, 0.4) is 0 Å². The first-order valence-corrected chi connectivity index (χ1v) is 6.28. The van der Waals surface area contributed by atoms with Gasteiger partial charge in [-0.2, -0.15) is 5.10 Å². The molecule has 0 bridgehead atoms. The van der Waals surface area contributed by atoms with E-state index in [-0.39, 0.29) is 5.69 Å². The fourth-order valence-electron chi connectivity index (χ4n) is 1.99. The number of nitrogen functional groups attached to an aromatic ring is 1. The summed E-state index contributed by atoms with van der Waals surface area (Å²) in [6, 6.07) is 4.58. The highest BCUT2D eigenvalue weighted by Gasteiger charge is 2.18. The number of para-hydroxylation sites is 1. The fourth-order valence-corrected chi connectivity index (χ4v) is 2.24. The molecule has 3 nitrogen and oxygen atoms in total. The molecule has 0 radical (unpaired) electrons. The zero-order chi connectivity index (χ0) is 13.3. The van der Waals surface area contributed by atoms with Crippen LogP contribution >= 0.6 is 11.6 Å². The molecule has 0 aliphatic rings. The number of hydrogen-bond acceptors (Lipinski definition) is 2. The van der Waals surface area contributed by atoms with Gasteiger partial charge in [0.05, 0.1) is 22.1 Å². The first kappa shape index (κ1) is 12.9. The average Bonchev–Trinajstić information content (AvgIpc) is 2.65. The van der Waals surface area contributed by atoms with Gasteiger partial charge in [-0.25, -0.2) is 9.07 Å². The molecule has 0 saturated carbocycles. The zero-order valence-electron chi connectivity index (χ0n) is 10.4. The summed E-state index contributed by atoms with van der Waals surface area (Å²) in [7, 11) is 0. The minimum atomic E-state index is -0.401. The maximum Gasteiger partial charge on any atom is 0.150 e. The van der Waals surface area contributed by atoms with Gasteiger partial charge in [0, 0.05) is 0 Å². The summed E-state index contributed by atoms with van der Waals surface area (Å²) in [4.78, 5) is 0. The Labute approximate surface area is 110 Å². The number of nitrogens with zero attached hydrogens (tertiary/aromatic N) is 2. The molecule has 0 spiro atoms. The fraction of sp³-hybridized carbons (Fsp3) is 0.308. The van der Waals surface area contributed by atoms with Gasteiger partial charge in [0.25, 0.3) is 0 Å².